The quantitative estimate of drug-likeness (QED) is 0.796. The predicted molar refractivity (Wildman–Crippen MR) is 113 cm³/mol. The fourth-order valence-electron chi connectivity index (χ4n) is 3.62. The largest absolute Gasteiger partial charge is 0.441 e. The van der Waals surface area contributed by atoms with Gasteiger partial charge in [-0.05, 0) is 25.1 Å². The first-order chi connectivity index (χ1) is 14.3. The number of fused-ring (bicyclic) bond motifs is 1. The Labute approximate surface area is 176 Å². The Balaban J connectivity index is 1.34. The van der Waals surface area contributed by atoms with Crippen molar-refractivity contribution in [1.82, 2.24) is 9.97 Å². The maximum absolute atomic E-state index is 12.3. The second-order valence-corrected chi connectivity index (χ2v) is 8.80. The van der Waals surface area contributed by atoms with Crippen molar-refractivity contribution >= 4 is 17.7 Å². The first kappa shape index (κ1) is 20.6. The third kappa shape index (κ3) is 4.55. The summed E-state index contributed by atoms with van der Waals surface area (Å²) < 4.78 is 17.3. The molecule has 2 N–H and O–H groups in total. The number of aryl methyl sites for hydroxylation is 1. The average molecular weight is 412 g/mol. The van der Waals surface area contributed by atoms with Crippen molar-refractivity contribution in [3.8, 4) is 0 Å². The van der Waals surface area contributed by atoms with Gasteiger partial charge in [-0.15, -0.1) is 0 Å². The summed E-state index contributed by atoms with van der Waals surface area (Å²) in [4.78, 5) is 21.2. The molecular formula is C22H28N4O4. The highest BCUT2D eigenvalue weighted by atomic mass is 16.6. The summed E-state index contributed by atoms with van der Waals surface area (Å²) in [5, 5.41) is 6.05. The molecule has 0 aliphatic carbocycles. The maximum Gasteiger partial charge on any atom is 0.412 e. The van der Waals surface area contributed by atoms with Gasteiger partial charge in [-0.25, -0.2) is 14.8 Å². The molecule has 3 heterocycles. The molecule has 2 saturated heterocycles. The van der Waals surface area contributed by atoms with Crippen LogP contribution in [-0.4, -0.2) is 53.6 Å². The number of carbonyl (C=O) groups is 1. The first-order valence-corrected chi connectivity index (χ1v) is 10.2. The van der Waals surface area contributed by atoms with E-state index in [1.54, 1.807) is 6.20 Å². The molecule has 2 fully saturated rings. The van der Waals surface area contributed by atoms with Gasteiger partial charge in [0.15, 0.2) is 6.10 Å². The summed E-state index contributed by atoms with van der Waals surface area (Å²) in [6, 6.07) is 9.33. The van der Waals surface area contributed by atoms with Crippen LogP contribution < -0.4 is 10.6 Å². The number of benzene rings is 1. The Morgan fingerprint density at radius 3 is 2.57 bits per heavy atom. The molecule has 0 radical (unpaired) electrons. The monoisotopic (exact) mass is 412 g/mol. The third-order valence-corrected chi connectivity index (χ3v) is 5.30. The topological polar surface area (TPSA) is 94.6 Å². The van der Waals surface area contributed by atoms with E-state index >= 15 is 0 Å². The number of carbonyl (C=O) groups excluding carboxylic acids is 1. The lowest BCUT2D eigenvalue weighted by molar-refractivity contribution is 0.00917. The van der Waals surface area contributed by atoms with Crippen LogP contribution >= 0.6 is 0 Å². The number of hydrogen-bond acceptors (Lipinski definition) is 7. The van der Waals surface area contributed by atoms with Gasteiger partial charge >= 0.3 is 6.09 Å². The predicted octanol–water partition coefficient (Wildman–Crippen LogP) is 3.28. The highest BCUT2D eigenvalue weighted by Gasteiger charge is 2.49. The summed E-state index contributed by atoms with van der Waals surface area (Å²) >= 11 is 0. The Bertz CT molecular complexity index is 897. The molecule has 2 aromatic rings. The Kier molecular flexibility index (Phi) is 5.62. The zero-order valence-electron chi connectivity index (χ0n) is 17.7. The molecule has 8 heteroatoms. The zero-order chi connectivity index (χ0) is 21.3. The molecule has 4 unspecified atom stereocenters. The van der Waals surface area contributed by atoms with Crippen molar-refractivity contribution in [2.75, 3.05) is 23.8 Å². The van der Waals surface area contributed by atoms with Gasteiger partial charge in [0.1, 0.15) is 12.2 Å². The standard InChI is InChI=1S/C22H28N4O4/c1-13-5-7-14(8-6-13)24-21(27)30-16-12-29-18-15(11-28-19(16)18)25-20-23-10-9-17(26-20)22(2,3)4/h5-10,15-16,18-19H,11-12H2,1-4H3,(H,24,27)(H,23,25,26). The normalized spacial score (nSPS) is 25.6. The molecule has 0 saturated carbocycles. The number of ether oxygens (including phenoxy) is 3. The summed E-state index contributed by atoms with van der Waals surface area (Å²) in [7, 11) is 0. The van der Waals surface area contributed by atoms with Gasteiger partial charge in [0.2, 0.25) is 5.95 Å². The van der Waals surface area contributed by atoms with E-state index in [-0.39, 0.29) is 30.3 Å². The van der Waals surface area contributed by atoms with E-state index in [2.05, 4.69) is 41.4 Å². The van der Waals surface area contributed by atoms with Crippen molar-refractivity contribution < 1.29 is 19.0 Å². The van der Waals surface area contributed by atoms with Gasteiger partial charge in [-0.2, -0.15) is 0 Å². The summed E-state index contributed by atoms with van der Waals surface area (Å²) in [5.74, 6) is 0.543. The molecule has 1 amide bonds. The number of nitrogens with one attached hydrogen (secondary N) is 2. The van der Waals surface area contributed by atoms with Crippen LogP contribution in [0.25, 0.3) is 0 Å². The SMILES string of the molecule is Cc1ccc(NC(=O)OC2COC3C(Nc4nccc(C(C)(C)C)n4)COC23)cc1. The average Bonchev–Trinajstić information content (AvgIpc) is 3.27. The second kappa shape index (κ2) is 8.20. The summed E-state index contributed by atoms with van der Waals surface area (Å²) in [6.45, 7) is 9.03. The Morgan fingerprint density at radius 1 is 1.10 bits per heavy atom. The number of aromatic nitrogens is 2. The molecule has 4 atom stereocenters. The minimum atomic E-state index is -0.519. The summed E-state index contributed by atoms with van der Waals surface area (Å²) in [5.41, 5.74) is 2.69. The van der Waals surface area contributed by atoms with Crippen LogP contribution in [0.4, 0.5) is 16.4 Å². The van der Waals surface area contributed by atoms with Crippen molar-refractivity contribution in [3.05, 3.63) is 47.8 Å². The number of amides is 1. The van der Waals surface area contributed by atoms with Crippen LogP contribution in [0.1, 0.15) is 32.0 Å². The van der Waals surface area contributed by atoms with Crippen LogP contribution in [0.15, 0.2) is 36.5 Å². The van der Waals surface area contributed by atoms with Crippen LogP contribution in [-0.2, 0) is 19.6 Å². The number of rotatable bonds is 4. The highest BCUT2D eigenvalue weighted by molar-refractivity contribution is 5.84. The van der Waals surface area contributed by atoms with Gasteiger partial charge in [-0.3, -0.25) is 5.32 Å². The van der Waals surface area contributed by atoms with Gasteiger partial charge in [0.05, 0.1) is 24.9 Å². The molecule has 8 nitrogen and oxygen atoms in total. The fourth-order valence-corrected chi connectivity index (χ4v) is 3.62. The lowest BCUT2D eigenvalue weighted by Gasteiger charge is -2.20. The van der Waals surface area contributed by atoms with E-state index < -0.39 is 12.2 Å². The van der Waals surface area contributed by atoms with Gasteiger partial charge < -0.3 is 19.5 Å². The number of hydrogen-bond donors (Lipinski definition) is 2. The fraction of sp³-hybridized carbons (Fsp3) is 0.500. The molecule has 1 aromatic heterocycles. The Hall–Kier alpha value is -2.71. The van der Waals surface area contributed by atoms with E-state index in [9.17, 15) is 4.79 Å². The molecule has 0 spiro atoms. The maximum atomic E-state index is 12.3. The number of anilines is 2. The van der Waals surface area contributed by atoms with E-state index in [0.717, 1.165) is 11.3 Å². The van der Waals surface area contributed by atoms with Crippen molar-refractivity contribution in [3.63, 3.8) is 0 Å². The molecule has 2 aliphatic heterocycles. The molecule has 1 aromatic carbocycles. The second-order valence-electron chi connectivity index (χ2n) is 8.80. The third-order valence-electron chi connectivity index (χ3n) is 5.30. The summed E-state index contributed by atoms with van der Waals surface area (Å²) in [6.07, 6.45) is 0.213. The Morgan fingerprint density at radius 2 is 1.83 bits per heavy atom. The van der Waals surface area contributed by atoms with Crippen molar-refractivity contribution in [2.45, 2.75) is 57.5 Å². The minimum Gasteiger partial charge on any atom is -0.441 e. The lowest BCUT2D eigenvalue weighted by atomic mass is 9.92. The van der Waals surface area contributed by atoms with E-state index in [1.165, 1.54) is 0 Å². The van der Waals surface area contributed by atoms with E-state index in [0.29, 0.717) is 18.2 Å². The van der Waals surface area contributed by atoms with Crippen LogP contribution in [0.2, 0.25) is 0 Å². The van der Waals surface area contributed by atoms with Crippen LogP contribution in [0, 0.1) is 6.92 Å². The van der Waals surface area contributed by atoms with Gasteiger partial charge in [-0.1, -0.05) is 38.5 Å². The zero-order valence-corrected chi connectivity index (χ0v) is 17.7. The first-order valence-electron chi connectivity index (χ1n) is 10.2. The van der Waals surface area contributed by atoms with E-state index in [1.807, 2.05) is 37.3 Å². The molecule has 30 heavy (non-hydrogen) atoms. The lowest BCUT2D eigenvalue weighted by Crippen LogP contribution is -2.38. The van der Waals surface area contributed by atoms with Gasteiger partial charge in [0, 0.05) is 17.3 Å². The molecular weight excluding hydrogens is 384 g/mol. The molecule has 4 rings (SSSR count). The molecule has 160 valence electrons. The van der Waals surface area contributed by atoms with Crippen LogP contribution in [0.3, 0.4) is 0 Å². The van der Waals surface area contributed by atoms with E-state index in [4.69, 9.17) is 14.2 Å². The van der Waals surface area contributed by atoms with Gasteiger partial charge in [0.25, 0.3) is 0 Å². The van der Waals surface area contributed by atoms with Crippen molar-refractivity contribution in [2.24, 2.45) is 0 Å². The minimum absolute atomic E-state index is 0.0678. The highest BCUT2D eigenvalue weighted by Crippen LogP contribution is 2.31. The molecule has 2 aliphatic rings. The van der Waals surface area contributed by atoms with Crippen molar-refractivity contribution in [1.29, 1.82) is 0 Å². The molecule has 0 bridgehead atoms. The number of nitrogens with zero attached hydrogens (tertiary/aromatic N) is 2. The smallest absolute Gasteiger partial charge is 0.412 e. The van der Waals surface area contributed by atoms with Crippen LogP contribution in [0.5, 0.6) is 0 Å².